The lowest BCUT2D eigenvalue weighted by atomic mass is 9.95. The van der Waals surface area contributed by atoms with Crippen molar-refractivity contribution in [3.63, 3.8) is 0 Å². The largest absolute Gasteiger partial charge is 0.342 e. The number of nitrogens with zero attached hydrogens (tertiary/aromatic N) is 4. The number of amides is 1. The maximum Gasteiger partial charge on any atom is 0.254 e. The van der Waals surface area contributed by atoms with Gasteiger partial charge in [0.2, 0.25) is 5.91 Å². The summed E-state index contributed by atoms with van der Waals surface area (Å²) in [6, 6.07) is 5.63. The quantitative estimate of drug-likeness (QED) is 0.879. The van der Waals surface area contributed by atoms with Crippen LogP contribution < -0.4 is 5.56 Å². The van der Waals surface area contributed by atoms with Gasteiger partial charge in [0.25, 0.3) is 5.56 Å². The van der Waals surface area contributed by atoms with Gasteiger partial charge >= 0.3 is 0 Å². The minimum atomic E-state index is 0.0109. The van der Waals surface area contributed by atoms with Gasteiger partial charge < -0.3 is 14.8 Å². The van der Waals surface area contributed by atoms with Gasteiger partial charge in [-0.05, 0) is 38.4 Å². The molecule has 2 aliphatic heterocycles. The highest BCUT2D eigenvalue weighted by Crippen LogP contribution is 2.26. The van der Waals surface area contributed by atoms with Gasteiger partial charge in [0.05, 0.1) is 12.1 Å². The van der Waals surface area contributed by atoms with Gasteiger partial charge in [-0.25, -0.2) is 4.98 Å². The van der Waals surface area contributed by atoms with E-state index in [-0.39, 0.29) is 17.4 Å². The van der Waals surface area contributed by atoms with Crippen molar-refractivity contribution in [2.24, 2.45) is 0 Å². The molecule has 0 spiro atoms. The molecule has 0 atom stereocenters. The Morgan fingerprint density at radius 3 is 2.81 bits per heavy atom. The number of H-pyrrole nitrogens is 1. The smallest absolute Gasteiger partial charge is 0.254 e. The highest BCUT2D eigenvalue weighted by atomic mass is 16.2. The van der Waals surface area contributed by atoms with E-state index in [1.165, 1.54) is 0 Å². The first-order valence-corrected chi connectivity index (χ1v) is 9.58. The minimum absolute atomic E-state index is 0.0109. The lowest BCUT2D eigenvalue weighted by Crippen LogP contribution is -2.40. The van der Waals surface area contributed by atoms with E-state index in [0.717, 1.165) is 55.1 Å². The lowest BCUT2D eigenvalue weighted by molar-refractivity contribution is -0.131. The molecule has 0 aliphatic carbocycles. The van der Waals surface area contributed by atoms with Gasteiger partial charge in [-0.2, -0.15) is 0 Å². The van der Waals surface area contributed by atoms with Crippen LogP contribution in [-0.4, -0.2) is 57.3 Å². The van der Waals surface area contributed by atoms with Gasteiger partial charge in [-0.1, -0.05) is 6.07 Å². The second kappa shape index (κ2) is 7.60. The molecule has 0 aromatic carbocycles. The standard InChI is InChI=1S/C20H25N5O2/c1-24-9-7-16-17(13-24)22-19(23-20(16)27)14-5-10-25(11-6-14)18(26)12-15-4-2-3-8-21-15/h2-4,8,14H,5-7,9-13H2,1H3,(H,22,23,27). The average molecular weight is 367 g/mol. The summed E-state index contributed by atoms with van der Waals surface area (Å²) in [5.74, 6) is 1.10. The van der Waals surface area contributed by atoms with E-state index in [0.29, 0.717) is 19.5 Å². The molecule has 0 bridgehead atoms. The fourth-order valence-electron chi connectivity index (χ4n) is 3.95. The van der Waals surface area contributed by atoms with Gasteiger partial charge in [-0.15, -0.1) is 0 Å². The van der Waals surface area contributed by atoms with Crippen LogP contribution in [0.5, 0.6) is 0 Å². The fourth-order valence-corrected chi connectivity index (χ4v) is 3.95. The summed E-state index contributed by atoms with van der Waals surface area (Å²) >= 11 is 0. The average Bonchev–Trinajstić information content (AvgIpc) is 2.68. The van der Waals surface area contributed by atoms with Crippen molar-refractivity contribution in [2.45, 2.75) is 38.1 Å². The molecule has 0 unspecified atom stereocenters. The molecule has 7 heteroatoms. The molecule has 4 heterocycles. The Kier molecular flexibility index (Phi) is 5.03. The SMILES string of the molecule is CN1CCc2c(nc(C3CCN(C(=O)Cc4ccccn4)CC3)[nH]c2=O)C1. The molecule has 1 N–H and O–H groups in total. The minimum Gasteiger partial charge on any atom is -0.342 e. The molecule has 1 saturated heterocycles. The first kappa shape index (κ1) is 17.9. The summed E-state index contributed by atoms with van der Waals surface area (Å²) in [4.78, 5) is 41.0. The third-order valence-corrected chi connectivity index (χ3v) is 5.58. The number of likely N-dealkylation sites (N-methyl/N-ethyl adjacent to an activating group) is 1. The number of rotatable bonds is 3. The number of fused-ring (bicyclic) bond motifs is 1. The van der Waals surface area contributed by atoms with Gasteiger partial charge in [0.1, 0.15) is 5.82 Å². The molecule has 0 radical (unpaired) electrons. The van der Waals surface area contributed by atoms with Crippen molar-refractivity contribution in [3.8, 4) is 0 Å². The van der Waals surface area contributed by atoms with Crippen molar-refractivity contribution < 1.29 is 4.79 Å². The molecule has 2 aromatic rings. The van der Waals surface area contributed by atoms with Crippen molar-refractivity contribution >= 4 is 5.91 Å². The fraction of sp³-hybridized carbons (Fsp3) is 0.500. The summed E-state index contributed by atoms with van der Waals surface area (Å²) in [5.41, 5.74) is 2.56. The number of piperidine rings is 1. The first-order valence-electron chi connectivity index (χ1n) is 9.58. The molecule has 27 heavy (non-hydrogen) atoms. The molecular formula is C20H25N5O2. The number of likely N-dealkylation sites (tertiary alicyclic amines) is 1. The topological polar surface area (TPSA) is 82.2 Å². The van der Waals surface area contributed by atoms with Crippen molar-refractivity contribution in [1.29, 1.82) is 0 Å². The van der Waals surface area contributed by atoms with E-state index in [4.69, 9.17) is 4.98 Å². The summed E-state index contributed by atoms with van der Waals surface area (Å²) in [6.45, 7) is 3.01. The van der Waals surface area contributed by atoms with E-state index in [1.54, 1.807) is 6.20 Å². The molecule has 1 amide bonds. The van der Waals surface area contributed by atoms with E-state index in [1.807, 2.05) is 23.1 Å². The number of hydrogen-bond acceptors (Lipinski definition) is 5. The van der Waals surface area contributed by atoms with Crippen LogP contribution in [0.15, 0.2) is 29.2 Å². The number of aromatic amines is 1. The highest BCUT2D eigenvalue weighted by Gasteiger charge is 2.27. The van der Waals surface area contributed by atoms with Crippen molar-refractivity contribution in [2.75, 3.05) is 26.7 Å². The number of carbonyl (C=O) groups excluding carboxylic acids is 1. The van der Waals surface area contributed by atoms with Gasteiger partial charge in [-0.3, -0.25) is 14.6 Å². The van der Waals surface area contributed by atoms with Gasteiger partial charge in [0, 0.05) is 49.6 Å². The maximum absolute atomic E-state index is 12.5. The zero-order chi connectivity index (χ0) is 18.8. The third kappa shape index (κ3) is 3.93. The van der Waals surface area contributed by atoms with E-state index in [2.05, 4.69) is 21.9 Å². The number of pyridine rings is 1. The van der Waals surface area contributed by atoms with E-state index in [9.17, 15) is 9.59 Å². The number of hydrogen-bond donors (Lipinski definition) is 1. The molecule has 1 fully saturated rings. The number of carbonyl (C=O) groups is 1. The van der Waals surface area contributed by atoms with Crippen LogP contribution in [0.2, 0.25) is 0 Å². The van der Waals surface area contributed by atoms with Crippen LogP contribution in [0.3, 0.4) is 0 Å². The third-order valence-electron chi connectivity index (χ3n) is 5.58. The van der Waals surface area contributed by atoms with Crippen LogP contribution in [0.1, 0.15) is 41.5 Å². The van der Waals surface area contributed by atoms with E-state index < -0.39 is 0 Å². The normalized spacial score (nSPS) is 18.3. The van der Waals surface area contributed by atoms with Crippen LogP contribution in [0.4, 0.5) is 0 Å². The molecular weight excluding hydrogens is 342 g/mol. The van der Waals surface area contributed by atoms with Gasteiger partial charge in [0.15, 0.2) is 0 Å². The second-order valence-corrected chi connectivity index (χ2v) is 7.52. The molecule has 0 saturated carbocycles. The monoisotopic (exact) mass is 367 g/mol. The predicted molar refractivity (Wildman–Crippen MR) is 101 cm³/mol. The molecule has 142 valence electrons. The molecule has 7 nitrogen and oxygen atoms in total. The van der Waals surface area contributed by atoms with Crippen molar-refractivity contribution in [3.05, 3.63) is 57.5 Å². The lowest BCUT2D eigenvalue weighted by Gasteiger charge is -2.32. The Hall–Kier alpha value is -2.54. The summed E-state index contributed by atoms with van der Waals surface area (Å²) in [7, 11) is 2.05. The number of nitrogens with one attached hydrogen (secondary N) is 1. The summed E-state index contributed by atoms with van der Waals surface area (Å²) < 4.78 is 0. The highest BCUT2D eigenvalue weighted by molar-refractivity contribution is 5.78. The first-order chi connectivity index (χ1) is 13.1. The Morgan fingerprint density at radius 1 is 1.26 bits per heavy atom. The zero-order valence-corrected chi connectivity index (χ0v) is 15.6. The Labute approximate surface area is 158 Å². The second-order valence-electron chi connectivity index (χ2n) is 7.52. The van der Waals surface area contributed by atoms with Crippen LogP contribution in [-0.2, 0) is 24.2 Å². The predicted octanol–water partition coefficient (Wildman–Crippen LogP) is 1.10. The van der Waals surface area contributed by atoms with Crippen molar-refractivity contribution in [1.82, 2.24) is 24.8 Å². The Bertz CT molecular complexity index is 872. The van der Waals surface area contributed by atoms with Crippen LogP contribution >= 0.6 is 0 Å². The Balaban J connectivity index is 1.41. The molecule has 2 aromatic heterocycles. The molecule has 2 aliphatic rings. The van der Waals surface area contributed by atoms with Crippen LogP contribution in [0, 0.1) is 0 Å². The number of aromatic nitrogens is 3. The molecule has 4 rings (SSSR count). The summed E-state index contributed by atoms with van der Waals surface area (Å²) in [5, 5.41) is 0. The van der Waals surface area contributed by atoms with E-state index >= 15 is 0 Å². The maximum atomic E-state index is 12.5. The zero-order valence-electron chi connectivity index (χ0n) is 15.6. The summed E-state index contributed by atoms with van der Waals surface area (Å²) in [6.07, 6.45) is 4.46. The Morgan fingerprint density at radius 2 is 2.07 bits per heavy atom. The van der Waals surface area contributed by atoms with Crippen LogP contribution in [0.25, 0.3) is 0 Å².